The lowest BCUT2D eigenvalue weighted by Gasteiger charge is -2.35. The van der Waals surface area contributed by atoms with Gasteiger partial charge in [-0.25, -0.2) is 0 Å². The molecular formula is C37H45F3N2O4. The van der Waals surface area contributed by atoms with Gasteiger partial charge < -0.3 is 19.7 Å². The Kier molecular flexibility index (Phi) is 12.8. The van der Waals surface area contributed by atoms with Crippen molar-refractivity contribution in [2.45, 2.75) is 70.0 Å². The average Bonchev–Trinajstić information content (AvgIpc) is 3.07. The topological polar surface area (TPSA) is 67.9 Å². The molecule has 0 radical (unpaired) electrons. The number of halogens is 3. The molecule has 0 aliphatic carbocycles. The fourth-order valence-electron chi connectivity index (χ4n) is 6.30. The predicted molar refractivity (Wildman–Crippen MR) is 174 cm³/mol. The van der Waals surface area contributed by atoms with Crippen LogP contribution in [0, 0.1) is 0 Å². The first-order chi connectivity index (χ1) is 22.1. The number of esters is 1. The summed E-state index contributed by atoms with van der Waals surface area (Å²) in [5.74, 6) is -0.431. The number of nitrogens with one attached hydrogen (secondary N) is 1. The number of amides is 1. The van der Waals surface area contributed by atoms with E-state index < -0.39 is 11.7 Å². The van der Waals surface area contributed by atoms with Gasteiger partial charge in [0.05, 0.1) is 18.6 Å². The van der Waals surface area contributed by atoms with Crippen LogP contribution >= 0.6 is 0 Å². The molecule has 46 heavy (non-hydrogen) atoms. The second kappa shape index (κ2) is 16.7. The number of hydrogen-bond donors (Lipinski definition) is 1. The third-order valence-electron chi connectivity index (χ3n) is 8.99. The van der Waals surface area contributed by atoms with E-state index in [1.165, 1.54) is 12.1 Å². The SMILES string of the molecule is CCOCCOC(=O)CC(CC)(CCCN1CCC(NC(=O)c2ccccc2-c2ccc(C(F)(F)F)cc2)CC1)c1ccccc1. The lowest BCUT2D eigenvalue weighted by molar-refractivity contribution is -0.147. The van der Waals surface area contributed by atoms with Crippen molar-refractivity contribution in [3.63, 3.8) is 0 Å². The molecule has 1 unspecified atom stereocenters. The largest absolute Gasteiger partial charge is 0.463 e. The molecule has 1 aliphatic heterocycles. The minimum Gasteiger partial charge on any atom is -0.463 e. The van der Waals surface area contributed by atoms with Gasteiger partial charge in [0.2, 0.25) is 0 Å². The van der Waals surface area contributed by atoms with E-state index in [1.54, 1.807) is 24.3 Å². The number of likely N-dealkylation sites (tertiary alicyclic amines) is 1. The predicted octanol–water partition coefficient (Wildman–Crippen LogP) is 7.66. The average molecular weight is 639 g/mol. The summed E-state index contributed by atoms with van der Waals surface area (Å²) in [6.45, 7) is 7.86. The van der Waals surface area contributed by atoms with Gasteiger partial charge in [0.15, 0.2) is 0 Å². The first-order valence-electron chi connectivity index (χ1n) is 16.2. The van der Waals surface area contributed by atoms with Crippen molar-refractivity contribution in [1.29, 1.82) is 0 Å². The fourth-order valence-corrected chi connectivity index (χ4v) is 6.30. The highest BCUT2D eigenvalue weighted by atomic mass is 19.4. The molecule has 6 nitrogen and oxygen atoms in total. The van der Waals surface area contributed by atoms with Crippen molar-refractivity contribution in [3.05, 3.63) is 95.6 Å². The number of rotatable bonds is 15. The van der Waals surface area contributed by atoms with Crippen molar-refractivity contribution in [3.8, 4) is 11.1 Å². The number of hydrogen-bond acceptors (Lipinski definition) is 5. The second-order valence-electron chi connectivity index (χ2n) is 11.9. The number of benzene rings is 3. The molecule has 248 valence electrons. The molecule has 1 fully saturated rings. The van der Waals surface area contributed by atoms with Crippen LogP contribution in [0.15, 0.2) is 78.9 Å². The molecule has 1 aliphatic rings. The Balaban J connectivity index is 1.30. The zero-order chi connectivity index (χ0) is 33.0. The summed E-state index contributed by atoms with van der Waals surface area (Å²) in [6.07, 6.45) is 0.109. The zero-order valence-electron chi connectivity index (χ0n) is 26.8. The van der Waals surface area contributed by atoms with Crippen molar-refractivity contribution >= 4 is 11.9 Å². The molecule has 0 saturated carbocycles. The lowest BCUT2D eigenvalue weighted by atomic mass is 9.72. The van der Waals surface area contributed by atoms with Gasteiger partial charge in [0.1, 0.15) is 6.61 Å². The van der Waals surface area contributed by atoms with Crippen LogP contribution < -0.4 is 5.32 Å². The van der Waals surface area contributed by atoms with Crippen LogP contribution in [0.2, 0.25) is 0 Å². The Morgan fingerprint density at radius 3 is 2.20 bits per heavy atom. The van der Waals surface area contributed by atoms with E-state index in [4.69, 9.17) is 9.47 Å². The third-order valence-corrected chi connectivity index (χ3v) is 8.99. The summed E-state index contributed by atoms with van der Waals surface area (Å²) in [4.78, 5) is 28.5. The van der Waals surface area contributed by atoms with E-state index in [-0.39, 0.29) is 29.9 Å². The van der Waals surface area contributed by atoms with E-state index in [1.807, 2.05) is 25.1 Å². The summed E-state index contributed by atoms with van der Waals surface area (Å²) >= 11 is 0. The monoisotopic (exact) mass is 638 g/mol. The van der Waals surface area contributed by atoms with Crippen LogP contribution in [0.1, 0.15) is 73.9 Å². The van der Waals surface area contributed by atoms with Gasteiger partial charge >= 0.3 is 12.1 Å². The van der Waals surface area contributed by atoms with Crippen LogP contribution in [0.4, 0.5) is 13.2 Å². The maximum Gasteiger partial charge on any atom is 0.416 e. The van der Waals surface area contributed by atoms with Crippen molar-refractivity contribution in [1.82, 2.24) is 10.2 Å². The summed E-state index contributed by atoms with van der Waals surface area (Å²) in [6, 6.07) is 22.1. The van der Waals surface area contributed by atoms with Gasteiger partial charge in [-0.2, -0.15) is 13.2 Å². The Bertz CT molecular complexity index is 1390. The highest BCUT2D eigenvalue weighted by molar-refractivity contribution is 6.01. The van der Waals surface area contributed by atoms with Gasteiger partial charge in [0, 0.05) is 36.7 Å². The smallest absolute Gasteiger partial charge is 0.416 e. The van der Waals surface area contributed by atoms with E-state index >= 15 is 0 Å². The number of ether oxygens (including phenoxy) is 2. The molecule has 3 aromatic rings. The van der Waals surface area contributed by atoms with Gasteiger partial charge in [-0.15, -0.1) is 0 Å². The molecule has 1 heterocycles. The van der Waals surface area contributed by atoms with Crippen LogP contribution in [-0.4, -0.2) is 62.3 Å². The molecule has 1 N–H and O–H groups in total. The van der Waals surface area contributed by atoms with Crippen LogP contribution in [0.5, 0.6) is 0 Å². The first kappa shape index (κ1) is 35.2. The second-order valence-corrected chi connectivity index (χ2v) is 11.9. The first-order valence-corrected chi connectivity index (χ1v) is 16.2. The molecule has 3 aromatic carbocycles. The van der Waals surface area contributed by atoms with Crippen molar-refractivity contribution < 1.29 is 32.2 Å². The minimum absolute atomic E-state index is 0.00919. The molecule has 1 atom stereocenters. The molecule has 9 heteroatoms. The number of nitrogens with zero attached hydrogens (tertiary/aromatic N) is 1. The van der Waals surface area contributed by atoms with Crippen LogP contribution in [0.25, 0.3) is 11.1 Å². The van der Waals surface area contributed by atoms with Gasteiger partial charge in [-0.1, -0.05) is 67.6 Å². The van der Waals surface area contributed by atoms with E-state index in [0.717, 1.165) is 69.4 Å². The highest BCUT2D eigenvalue weighted by Crippen LogP contribution is 2.37. The van der Waals surface area contributed by atoms with Crippen molar-refractivity contribution in [2.75, 3.05) is 39.5 Å². The lowest BCUT2D eigenvalue weighted by Crippen LogP contribution is -2.45. The Morgan fingerprint density at radius 2 is 1.54 bits per heavy atom. The Morgan fingerprint density at radius 1 is 0.870 bits per heavy atom. The zero-order valence-corrected chi connectivity index (χ0v) is 26.8. The minimum atomic E-state index is -4.41. The molecule has 1 saturated heterocycles. The van der Waals surface area contributed by atoms with Gasteiger partial charge in [-0.3, -0.25) is 9.59 Å². The molecule has 0 aromatic heterocycles. The van der Waals surface area contributed by atoms with Crippen LogP contribution in [0.3, 0.4) is 0 Å². The Labute approximate surface area is 270 Å². The molecule has 0 bridgehead atoms. The summed E-state index contributed by atoms with van der Waals surface area (Å²) in [5, 5.41) is 3.15. The molecule has 1 amide bonds. The number of carbonyl (C=O) groups excluding carboxylic acids is 2. The molecule has 4 rings (SSSR count). The van der Waals surface area contributed by atoms with Gasteiger partial charge in [-0.05, 0) is 80.5 Å². The van der Waals surface area contributed by atoms with E-state index in [0.29, 0.717) is 36.3 Å². The number of piperidine rings is 1. The van der Waals surface area contributed by atoms with Crippen molar-refractivity contribution in [2.24, 2.45) is 0 Å². The maximum absolute atomic E-state index is 13.3. The third kappa shape index (κ3) is 9.66. The maximum atomic E-state index is 13.3. The highest BCUT2D eigenvalue weighted by Gasteiger charge is 2.34. The van der Waals surface area contributed by atoms with E-state index in [2.05, 4.69) is 29.3 Å². The summed E-state index contributed by atoms with van der Waals surface area (Å²) < 4.78 is 49.9. The normalized spacial score (nSPS) is 15.7. The van der Waals surface area contributed by atoms with Crippen LogP contribution in [-0.2, 0) is 25.9 Å². The summed E-state index contributed by atoms with van der Waals surface area (Å²) in [7, 11) is 0. The fraction of sp³-hybridized carbons (Fsp3) is 0.459. The number of carbonyl (C=O) groups is 2. The molecule has 0 spiro atoms. The standard InChI is InChI=1S/C37H45F3N2O4/c1-3-36(29-11-6-5-7-12-29,27-34(43)46-26-25-45-4-2)21-10-22-42-23-19-31(20-24-42)41-35(44)33-14-9-8-13-32(33)28-15-17-30(18-16-28)37(38,39)40/h5-9,11-18,31H,3-4,10,19-27H2,1-2H3,(H,41,44). The quantitative estimate of drug-likeness (QED) is 0.137. The number of alkyl halides is 3. The Hall–Kier alpha value is -3.69. The van der Waals surface area contributed by atoms with E-state index in [9.17, 15) is 22.8 Å². The summed E-state index contributed by atoms with van der Waals surface area (Å²) in [5.41, 5.74) is 1.72. The van der Waals surface area contributed by atoms with Gasteiger partial charge in [0.25, 0.3) is 5.91 Å². The molecular weight excluding hydrogens is 593 g/mol.